The molecule has 1 aromatic carbocycles. The lowest BCUT2D eigenvalue weighted by Crippen LogP contribution is -2.14. The van der Waals surface area contributed by atoms with Gasteiger partial charge in [-0.05, 0) is 45.6 Å². The first kappa shape index (κ1) is 15.9. The minimum Gasteiger partial charge on any atom is -0.434 e. The fourth-order valence-corrected chi connectivity index (χ4v) is 3.53. The number of hydrogen-bond donors (Lipinski definition) is 1. The van der Waals surface area contributed by atoms with Crippen molar-refractivity contribution in [3.63, 3.8) is 0 Å². The minimum absolute atomic E-state index is 0.195. The van der Waals surface area contributed by atoms with E-state index >= 15 is 0 Å². The van der Waals surface area contributed by atoms with Crippen molar-refractivity contribution in [2.75, 3.05) is 0 Å². The van der Waals surface area contributed by atoms with E-state index in [9.17, 15) is 8.78 Å². The van der Waals surface area contributed by atoms with Crippen LogP contribution in [0.1, 0.15) is 10.4 Å². The maximum atomic E-state index is 12.3. The molecule has 0 aliphatic carbocycles. The molecule has 0 bridgehead atoms. The third kappa shape index (κ3) is 4.51. The van der Waals surface area contributed by atoms with Gasteiger partial charge >= 0.3 is 6.61 Å². The lowest BCUT2D eigenvalue weighted by atomic mass is 10.2. The molecule has 2 aromatic rings. The van der Waals surface area contributed by atoms with Gasteiger partial charge in [0.05, 0.1) is 0 Å². The average Bonchev–Trinajstić information content (AvgIpc) is 2.78. The van der Waals surface area contributed by atoms with E-state index in [1.807, 2.05) is 11.4 Å². The molecule has 0 unspecified atom stereocenters. The summed E-state index contributed by atoms with van der Waals surface area (Å²) < 4.78 is 31.1. The number of thiophene rings is 1. The number of benzene rings is 1. The normalized spacial score (nSPS) is 11.1. The monoisotopic (exact) mass is 425 g/mol. The number of halogens is 4. The Kier molecular flexibility index (Phi) is 5.95. The molecule has 0 aliphatic rings. The Morgan fingerprint density at radius 2 is 2.00 bits per heavy atom. The summed E-state index contributed by atoms with van der Waals surface area (Å²) in [5.74, 6) is 0.195. The van der Waals surface area contributed by atoms with Crippen molar-refractivity contribution in [1.82, 2.24) is 5.32 Å². The predicted octanol–water partition coefficient (Wildman–Crippen LogP) is 5.16. The quantitative estimate of drug-likeness (QED) is 0.688. The van der Waals surface area contributed by atoms with Crippen LogP contribution in [0.15, 0.2) is 38.6 Å². The van der Waals surface area contributed by atoms with Crippen molar-refractivity contribution >= 4 is 43.2 Å². The highest BCUT2D eigenvalue weighted by Gasteiger charge is 2.10. The van der Waals surface area contributed by atoms with Gasteiger partial charge in [-0.25, -0.2) is 0 Å². The molecule has 0 spiro atoms. The van der Waals surface area contributed by atoms with Gasteiger partial charge in [-0.2, -0.15) is 8.78 Å². The molecule has 1 N–H and O–H groups in total. The SMILES string of the molecule is FC(F)Oc1ccc(Br)cc1CNCc1sccc1Br. The second kappa shape index (κ2) is 7.49. The lowest BCUT2D eigenvalue weighted by molar-refractivity contribution is -0.0505. The van der Waals surface area contributed by atoms with Gasteiger partial charge in [-0.1, -0.05) is 15.9 Å². The average molecular weight is 427 g/mol. The maximum absolute atomic E-state index is 12.3. The number of hydrogen-bond acceptors (Lipinski definition) is 3. The van der Waals surface area contributed by atoms with Gasteiger partial charge in [0.25, 0.3) is 0 Å². The molecule has 0 saturated heterocycles. The van der Waals surface area contributed by atoms with Crippen molar-refractivity contribution in [3.8, 4) is 5.75 Å². The summed E-state index contributed by atoms with van der Waals surface area (Å²) in [5.41, 5.74) is 0.687. The highest BCUT2D eigenvalue weighted by Crippen LogP contribution is 2.26. The molecular weight excluding hydrogens is 416 g/mol. The molecule has 1 heterocycles. The van der Waals surface area contributed by atoms with Crippen LogP contribution in [0.2, 0.25) is 0 Å². The Morgan fingerprint density at radius 3 is 2.65 bits per heavy atom. The number of rotatable bonds is 6. The van der Waals surface area contributed by atoms with Crippen molar-refractivity contribution in [2.45, 2.75) is 19.7 Å². The Bertz CT molecular complexity index is 577. The summed E-state index contributed by atoms with van der Waals surface area (Å²) in [7, 11) is 0. The zero-order valence-electron chi connectivity index (χ0n) is 10.2. The highest BCUT2D eigenvalue weighted by molar-refractivity contribution is 9.10. The molecule has 108 valence electrons. The molecule has 2 nitrogen and oxygen atoms in total. The van der Waals surface area contributed by atoms with E-state index in [-0.39, 0.29) is 5.75 Å². The second-order valence-electron chi connectivity index (χ2n) is 3.93. The molecule has 0 amide bonds. The van der Waals surface area contributed by atoms with Gasteiger partial charge in [-0.15, -0.1) is 11.3 Å². The Morgan fingerprint density at radius 1 is 1.20 bits per heavy atom. The van der Waals surface area contributed by atoms with Crippen molar-refractivity contribution in [1.29, 1.82) is 0 Å². The first-order chi connectivity index (χ1) is 9.56. The molecule has 0 saturated carbocycles. The smallest absolute Gasteiger partial charge is 0.387 e. The predicted molar refractivity (Wildman–Crippen MR) is 83.3 cm³/mol. The summed E-state index contributed by atoms with van der Waals surface area (Å²) in [6, 6.07) is 6.96. The van der Waals surface area contributed by atoms with Crippen LogP contribution in [0, 0.1) is 0 Å². The van der Waals surface area contributed by atoms with Crippen LogP contribution in [0.25, 0.3) is 0 Å². The van der Waals surface area contributed by atoms with E-state index in [1.54, 1.807) is 23.5 Å². The van der Waals surface area contributed by atoms with Crippen LogP contribution in [-0.2, 0) is 13.1 Å². The summed E-state index contributed by atoms with van der Waals surface area (Å²) >= 11 is 8.41. The summed E-state index contributed by atoms with van der Waals surface area (Å²) in [5, 5.41) is 5.21. The number of ether oxygens (including phenoxy) is 1. The molecule has 1 aromatic heterocycles. The summed E-state index contributed by atoms with van der Waals surface area (Å²) in [6.07, 6.45) is 0. The van der Waals surface area contributed by atoms with E-state index < -0.39 is 6.61 Å². The topological polar surface area (TPSA) is 21.3 Å². The van der Waals surface area contributed by atoms with E-state index in [4.69, 9.17) is 0 Å². The fraction of sp³-hybridized carbons (Fsp3) is 0.231. The molecule has 0 radical (unpaired) electrons. The lowest BCUT2D eigenvalue weighted by Gasteiger charge is -2.12. The van der Waals surface area contributed by atoms with Crippen LogP contribution in [-0.4, -0.2) is 6.61 Å². The van der Waals surface area contributed by atoms with Gasteiger partial charge in [0.1, 0.15) is 5.75 Å². The first-order valence-electron chi connectivity index (χ1n) is 5.72. The van der Waals surface area contributed by atoms with Crippen molar-refractivity contribution in [2.24, 2.45) is 0 Å². The maximum Gasteiger partial charge on any atom is 0.387 e. The third-order valence-corrected chi connectivity index (χ3v) is 4.95. The van der Waals surface area contributed by atoms with Crippen molar-refractivity contribution < 1.29 is 13.5 Å². The fourth-order valence-electron chi connectivity index (χ4n) is 1.66. The van der Waals surface area contributed by atoms with Crippen LogP contribution in [0.4, 0.5) is 8.78 Å². The Balaban J connectivity index is 2.01. The molecule has 2 rings (SSSR count). The van der Waals surface area contributed by atoms with Crippen molar-refractivity contribution in [3.05, 3.63) is 49.0 Å². The molecular formula is C13H11Br2F2NOS. The summed E-state index contributed by atoms with van der Waals surface area (Å²) in [6.45, 7) is -1.70. The van der Waals surface area contributed by atoms with Crippen LogP contribution in [0.3, 0.4) is 0 Å². The van der Waals surface area contributed by atoms with Gasteiger partial charge in [0, 0.05) is 32.5 Å². The van der Waals surface area contributed by atoms with E-state index in [0.717, 1.165) is 13.8 Å². The van der Waals surface area contributed by atoms with Gasteiger partial charge in [0.2, 0.25) is 0 Å². The number of nitrogens with one attached hydrogen (secondary N) is 1. The molecule has 0 aliphatic heterocycles. The third-order valence-electron chi connectivity index (χ3n) is 2.53. The molecule has 20 heavy (non-hydrogen) atoms. The van der Waals surface area contributed by atoms with Crippen LogP contribution >= 0.6 is 43.2 Å². The standard InChI is InChI=1S/C13H11Br2F2NOS/c14-9-1-2-11(19-13(16)17)8(5-9)6-18-7-12-10(15)3-4-20-12/h1-5,13,18H,6-7H2. The van der Waals surface area contributed by atoms with Gasteiger partial charge < -0.3 is 10.1 Å². The van der Waals surface area contributed by atoms with E-state index in [0.29, 0.717) is 18.7 Å². The highest BCUT2D eigenvalue weighted by atomic mass is 79.9. The van der Waals surface area contributed by atoms with E-state index in [2.05, 4.69) is 41.9 Å². The van der Waals surface area contributed by atoms with Gasteiger partial charge in [0.15, 0.2) is 0 Å². The Hall–Kier alpha value is -0.500. The minimum atomic E-state index is -2.82. The zero-order valence-corrected chi connectivity index (χ0v) is 14.2. The Labute approximate surface area is 136 Å². The van der Waals surface area contributed by atoms with Crippen LogP contribution in [0.5, 0.6) is 5.75 Å². The zero-order chi connectivity index (χ0) is 14.5. The molecule has 0 fully saturated rings. The number of alkyl halides is 2. The second-order valence-corrected chi connectivity index (χ2v) is 6.70. The summed E-state index contributed by atoms with van der Waals surface area (Å²) in [4.78, 5) is 1.16. The largest absolute Gasteiger partial charge is 0.434 e. The first-order valence-corrected chi connectivity index (χ1v) is 8.18. The van der Waals surface area contributed by atoms with E-state index in [1.165, 1.54) is 6.07 Å². The van der Waals surface area contributed by atoms with Gasteiger partial charge in [-0.3, -0.25) is 0 Å². The van der Waals surface area contributed by atoms with Crippen LogP contribution < -0.4 is 10.1 Å². The molecule has 0 atom stereocenters. The molecule has 7 heteroatoms.